The second kappa shape index (κ2) is 10.9. The van der Waals surface area contributed by atoms with Gasteiger partial charge in [0, 0.05) is 22.6 Å². The van der Waals surface area contributed by atoms with Crippen molar-refractivity contribution in [1.82, 2.24) is 10.3 Å². The molecule has 0 bridgehead atoms. The van der Waals surface area contributed by atoms with Crippen molar-refractivity contribution in [2.75, 3.05) is 13.2 Å². The molecule has 2 aromatic carbocycles. The van der Waals surface area contributed by atoms with Gasteiger partial charge in [-0.25, -0.2) is 14.2 Å². The van der Waals surface area contributed by atoms with Gasteiger partial charge in [0.1, 0.15) is 5.82 Å². The molecular weight excluding hydrogens is 423 g/mol. The largest absolute Gasteiger partial charge is 0.452 e. The normalized spacial score (nSPS) is 10.6. The number of aromatic nitrogens is 1. The minimum atomic E-state index is -0.541. The van der Waals surface area contributed by atoms with Crippen LogP contribution in [0, 0.1) is 12.7 Å². The first-order valence-corrected chi connectivity index (χ1v) is 11.2. The summed E-state index contributed by atoms with van der Waals surface area (Å²) < 4.78 is 18.1. The van der Waals surface area contributed by atoms with E-state index >= 15 is 0 Å². The molecule has 5 nitrogen and oxygen atoms in total. The fraction of sp³-hybridized carbons (Fsp3) is 0.227. The topological polar surface area (TPSA) is 68.3 Å². The number of carbonyl (C=O) groups is 2. The van der Waals surface area contributed by atoms with Gasteiger partial charge in [-0.2, -0.15) is 0 Å². The van der Waals surface area contributed by atoms with Gasteiger partial charge in [-0.15, -0.1) is 23.1 Å². The average Bonchev–Trinajstić information content (AvgIpc) is 3.17. The molecule has 1 N–H and O–H groups in total. The number of amides is 1. The Morgan fingerprint density at radius 3 is 2.67 bits per heavy atom. The van der Waals surface area contributed by atoms with E-state index in [4.69, 9.17) is 4.74 Å². The van der Waals surface area contributed by atoms with Gasteiger partial charge in [0.25, 0.3) is 5.91 Å². The average molecular weight is 445 g/mol. The van der Waals surface area contributed by atoms with Gasteiger partial charge < -0.3 is 10.1 Å². The number of nitrogens with zero attached hydrogens (tertiary/aromatic N) is 1. The van der Waals surface area contributed by atoms with Crippen molar-refractivity contribution >= 4 is 35.0 Å². The van der Waals surface area contributed by atoms with Crippen molar-refractivity contribution in [3.8, 4) is 0 Å². The summed E-state index contributed by atoms with van der Waals surface area (Å²) in [6.07, 6.45) is 0.565. The summed E-state index contributed by atoms with van der Waals surface area (Å²) in [5.74, 6) is -0.567. The molecule has 0 spiro atoms. The summed E-state index contributed by atoms with van der Waals surface area (Å²) in [6, 6.07) is 13.2. The van der Waals surface area contributed by atoms with E-state index in [2.05, 4.69) is 10.3 Å². The number of thiazole rings is 1. The van der Waals surface area contributed by atoms with Crippen molar-refractivity contribution in [1.29, 1.82) is 0 Å². The molecule has 0 aliphatic heterocycles. The van der Waals surface area contributed by atoms with Gasteiger partial charge in [-0.3, -0.25) is 4.79 Å². The van der Waals surface area contributed by atoms with Gasteiger partial charge in [-0.05, 0) is 43.2 Å². The van der Waals surface area contributed by atoms with Crippen molar-refractivity contribution in [3.63, 3.8) is 0 Å². The number of thioether (sulfide) groups is 1. The van der Waals surface area contributed by atoms with E-state index in [1.165, 1.54) is 23.9 Å². The zero-order chi connectivity index (χ0) is 21.3. The van der Waals surface area contributed by atoms with Crippen molar-refractivity contribution in [2.24, 2.45) is 0 Å². The van der Waals surface area contributed by atoms with E-state index in [9.17, 15) is 14.0 Å². The number of hydrogen-bond donors (Lipinski definition) is 1. The Hall–Kier alpha value is -2.71. The van der Waals surface area contributed by atoms with E-state index in [1.54, 1.807) is 35.6 Å². The van der Waals surface area contributed by atoms with Crippen LogP contribution in [-0.2, 0) is 21.7 Å². The molecule has 0 radical (unpaired) electrons. The first-order chi connectivity index (χ1) is 14.5. The van der Waals surface area contributed by atoms with Crippen LogP contribution >= 0.6 is 23.1 Å². The van der Waals surface area contributed by atoms with E-state index in [0.29, 0.717) is 24.3 Å². The Labute approximate surface area is 182 Å². The van der Waals surface area contributed by atoms with Gasteiger partial charge >= 0.3 is 5.97 Å². The molecule has 0 saturated heterocycles. The lowest BCUT2D eigenvalue weighted by Crippen LogP contribution is -2.30. The zero-order valence-electron chi connectivity index (χ0n) is 16.4. The molecule has 3 aromatic rings. The predicted molar refractivity (Wildman–Crippen MR) is 116 cm³/mol. The summed E-state index contributed by atoms with van der Waals surface area (Å²) in [5.41, 5.74) is 2.30. The molecule has 30 heavy (non-hydrogen) atoms. The Kier molecular flexibility index (Phi) is 7.98. The minimum Gasteiger partial charge on any atom is -0.452 e. The third-order valence-electron chi connectivity index (χ3n) is 4.13. The van der Waals surface area contributed by atoms with Gasteiger partial charge in [0.05, 0.1) is 16.3 Å². The van der Waals surface area contributed by atoms with Gasteiger partial charge in [-0.1, -0.05) is 24.3 Å². The second-order valence-electron chi connectivity index (χ2n) is 6.45. The highest BCUT2D eigenvalue weighted by Crippen LogP contribution is 2.27. The SMILES string of the molecule is Cc1nc(CSc2ccccc2C(=O)OCC(=O)NCCc2ccc(F)cc2)cs1. The number of halogens is 1. The summed E-state index contributed by atoms with van der Waals surface area (Å²) in [5, 5.41) is 5.70. The quantitative estimate of drug-likeness (QED) is 0.391. The molecule has 3 rings (SSSR count). The molecule has 0 fully saturated rings. The number of esters is 1. The third kappa shape index (κ3) is 6.67. The van der Waals surface area contributed by atoms with E-state index < -0.39 is 5.97 Å². The molecule has 1 aromatic heterocycles. The minimum absolute atomic E-state index is 0.296. The standard InChI is InChI=1S/C22H21FN2O3S2/c1-15-25-18(13-29-15)14-30-20-5-3-2-4-19(20)22(27)28-12-21(26)24-11-10-16-6-8-17(23)9-7-16/h2-9,13H,10-12,14H2,1H3,(H,24,26). The van der Waals surface area contributed by atoms with Gasteiger partial charge in [0.2, 0.25) is 0 Å². The number of aryl methyl sites for hydroxylation is 1. The maximum absolute atomic E-state index is 12.9. The lowest BCUT2D eigenvalue weighted by molar-refractivity contribution is -0.124. The van der Waals surface area contributed by atoms with Crippen LogP contribution in [0.1, 0.15) is 26.6 Å². The molecular formula is C22H21FN2O3S2. The highest BCUT2D eigenvalue weighted by atomic mass is 32.2. The molecule has 0 aliphatic rings. The fourth-order valence-electron chi connectivity index (χ4n) is 2.64. The van der Waals surface area contributed by atoms with Crippen LogP contribution in [0.15, 0.2) is 58.8 Å². The number of carbonyl (C=O) groups excluding carboxylic acids is 2. The summed E-state index contributed by atoms with van der Waals surface area (Å²) >= 11 is 3.09. The zero-order valence-corrected chi connectivity index (χ0v) is 18.0. The maximum atomic E-state index is 12.9. The maximum Gasteiger partial charge on any atom is 0.339 e. The molecule has 8 heteroatoms. The third-order valence-corrected chi connectivity index (χ3v) is 6.06. The number of nitrogens with one attached hydrogen (secondary N) is 1. The molecule has 0 atom stereocenters. The van der Waals surface area contributed by atoms with E-state index in [-0.39, 0.29) is 18.3 Å². The Morgan fingerprint density at radius 1 is 1.17 bits per heavy atom. The Morgan fingerprint density at radius 2 is 1.93 bits per heavy atom. The number of benzene rings is 2. The van der Waals surface area contributed by atoms with Crippen molar-refractivity contribution in [2.45, 2.75) is 24.0 Å². The van der Waals surface area contributed by atoms with Crippen LogP contribution in [0.5, 0.6) is 0 Å². The predicted octanol–water partition coefficient (Wildman–Crippen LogP) is 4.40. The first-order valence-electron chi connectivity index (χ1n) is 9.32. The highest BCUT2D eigenvalue weighted by Gasteiger charge is 2.15. The lowest BCUT2D eigenvalue weighted by atomic mass is 10.1. The summed E-state index contributed by atoms with van der Waals surface area (Å²) in [4.78, 5) is 29.6. The van der Waals surface area contributed by atoms with Crippen LogP contribution in [0.4, 0.5) is 4.39 Å². The fourth-order valence-corrected chi connectivity index (χ4v) is 4.30. The summed E-state index contributed by atoms with van der Waals surface area (Å²) in [7, 11) is 0. The summed E-state index contributed by atoms with van der Waals surface area (Å²) in [6.45, 7) is 1.98. The van der Waals surface area contributed by atoms with E-state index in [0.717, 1.165) is 21.2 Å². The molecule has 0 saturated carbocycles. The molecule has 156 valence electrons. The lowest BCUT2D eigenvalue weighted by Gasteiger charge is -2.09. The monoisotopic (exact) mass is 444 g/mol. The molecule has 1 heterocycles. The Balaban J connectivity index is 1.45. The van der Waals surface area contributed by atoms with Gasteiger partial charge in [0.15, 0.2) is 6.61 Å². The number of hydrogen-bond acceptors (Lipinski definition) is 6. The van der Waals surface area contributed by atoms with Crippen LogP contribution in [-0.4, -0.2) is 30.0 Å². The van der Waals surface area contributed by atoms with Crippen LogP contribution in [0.3, 0.4) is 0 Å². The van der Waals surface area contributed by atoms with Crippen molar-refractivity contribution < 1.29 is 18.7 Å². The first kappa shape index (κ1) is 22.0. The van der Waals surface area contributed by atoms with Crippen molar-refractivity contribution in [3.05, 3.63) is 81.6 Å². The number of ether oxygens (including phenoxy) is 1. The van der Waals surface area contributed by atoms with E-state index in [1.807, 2.05) is 24.4 Å². The van der Waals surface area contributed by atoms with Crippen LogP contribution in [0.2, 0.25) is 0 Å². The molecule has 1 amide bonds. The number of rotatable bonds is 9. The molecule has 0 unspecified atom stereocenters. The van der Waals surface area contributed by atoms with Crippen LogP contribution in [0.25, 0.3) is 0 Å². The smallest absolute Gasteiger partial charge is 0.339 e. The second-order valence-corrected chi connectivity index (χ2v) is 8.52. The van der Waals surface area contributed by atoms with Crippen LogP contribution < -0.4 is 5.32 Å². The highest BCUT2D eigenvalue weighted by molar-refractivity contribution is 7.98. The Bertz CT molecular complexity index is 1010. The molecule has 0 aliphatic carbocycles.